The molecule has 0 amide bonds. The highest BCUT2D eigenvalue weighted by Crippen LogP contribution is 2.30. The largest absolute Gasteiger partial charge is 0.330 e. The predicted molar refractivity (Wildman–Crippen MR) is 68.4 cm³/mol. The van der Waals surface area contributed by atoms with Crippen LogP contribution in [0.25, 0.3) is 0 Å². The molecule has 1 aliphatic carbocycles. The second-order valence-corrected chi connectivity index (χ2v) is 5.44. The molecule has 1 saturated heterocycles. The highest BCUT2D eigenvalue weighted by Gasteiger charge is 2.24. The molecule has 0 aromatic carbocycles. The van der Waals surface area contributed by atoms with Crippen LogP contribution >= 0.6 is 0 Å². The fraction of sp³-hybridized carbons (Fsp3) is 1.00. The van der Waals surface area contributed by atoms with E-state index in [9.17, 15) is 0 Å². The molecule has 3 N–H and O–H groups in total. The van der Waals surface area contributed by atoms with Crippen molar-refractivity contribution in [2.75, 3.05) is 39.3 Å². The Morgan fingerprint density at radius 1 is 1.12 bits per heavy atom. The molecule has 0 bridgehead atoms. The molecular formula is C13H27N3. The minimum Gasteiger partial charge on any atom is -0.330 e. The third-order valence-corrected chi connectivity index (χ3v) is 4.32. The normalized spacial score (nSPS) is 26.8. The Bertz CT molecular complexity index is 184. The van der Waals surface area contributed by atoms with Crippen LogP contribution in [-0.2, 0) is 0 Å². The molecule has 0 aromatic heterocycles. The van der Waals surface area contributed by atoms with Gasteiger partial charge in [-0.05, 0) is 18.4 Å². The third-order valence-electron chi connectivity index (χ3n) is 4.32. The molecular weight excluding hydrogens is 198 g/mol. The van der Waals surface area contributed by atoms with E-state index in [1.807, 2.05) is 0 Å². The van der Waals surface area contributed by atoms with E-state index in [0.29, 0.717) is 0 Å². The summed E-state index contributed by atoms with van der Waals surface area (Å²) < 4.78 is 0. The topological polar surface area (TPSA) is 41.3 Å². The maximum atomic E-state index is 5.98. The van der Waals surface area contributed by atoms with Gasteiger partial charge in [-0.1, -0.05) is 32.1 Å². The molecule has 94 valence electrons. The maximum absolute atomic E-state index is 5.98. The van der Waals surface area contributed by atoms with E-state index in [2.05, 4.69) is 10.2 Å². The van der Waals surface area contributed by atoms with Crippen molar-refractivity contribution in [2.45, 2.75) is 32.1 Å². The minimum absolute atomic E-state index is 0.749. The van der Waals surface area contributed by atoms with Gasteiger partial charge in [0.15, 0.2) is 0 Å². The lowest BCUT2D eigenvalue weighted by Gasteiger charge is -2.35. The van der Waals surface area contributed by atoms with Crippen molar-refractivity contribution in [1.82, 2.24) is 10.2 Å². The molecule has 2 rings (SSSR count). The first kappa shape index (κ1) is 12.3. The molecule has 0 spiro atoms. The van der Waals surface area contributed by atoms with Crippen LogP contribution in [0.4, 0.5) is 0 Å². The lowest BCUT2D eigenvalue weighted by molar-refractivity contribution is 0.154. The van der Waals surface area contributed by atoms with Crippen LogP contribution in [0.2, 0.25) is 0 Å². The fourth-order valence-electron chi connectivity index (χ4n) is 3.25. The molecule has 1 saturated carbocycles. The Morgan fingerprint density at radius 3 is 2.44 bits per heavy atom. The van der Waals surface area contributed by atoms with Crippen LogP contribution in [0, 0.1) is 11.8 Å². The number of hydrogen-bond donors (Lipinski definition) is 2. The van der Waals surface area contributed by atoms with Crippen molar-refractivity contribution in [3.8, 4) is 0 Å². The predicted octanol–water partition coefficient (Wildman–Crippen LogP) is 1.05. The molecule has 0 radical (unpaired) electrons. The van der Waals surface area contributed by atoms with Crippen LogP contribution in [-0.4, -0.2) is 44.2 Å². The zero-order chi connectivity index (χ0) is 11.2. The van der Waals surface area contributed by atoms with Crippen molar-refractivity contribution in [1.29, 1.82) is 0 Å². The van der Waals surface area contributed by atoms with Gasteiger partial charge in [0, 0.05) is 32.7 Å². The Kier molecular flexibility index (Phi) is 5.07. The second-order valence-electron chi connectivity index (χ2n) is 5.44. The van der Waals surface area contributed by atoms with Crippen LogP contribution < -0.4 is 11.1 Å². The van der Waals surface area contributed by atoms with Crippen molar-refractivity contribution in [2.24, 2.45) is 17.6 Å². The monoisotopic (exact) mass is 225 g/mol. The van der Waals surface area contributed by atoms with Gasteiger partial charge < -0.3 is 16.0 Å². The van der Waals surface area contributed by atoms with Gasteiger partial charge in [0.05, 0.1) is 0 Å². The summed E-state index contributed by atoms with van der Waals surface area (Å²) in [6.07, 6.45) is 7.16. The summed E-state index contributed by atoms with van der Waals surface area (Å²) in [5, 5.41) is 3.41. The smallest absolute Gasteiger partial charge is 0.0107 e. The molecule has 0 aromatic rings. The zero-order valence-electron chi connectivity index (χ0n) is 10.5. The molecule has 1 atom stereocenters. The summed E-state index contributed by atoms with van der Waals surface area (Å²) >= 11 is 0. The van der Waals surface area contributed by atoms with Crippen LogP contribution in [0.5, 0.6) is 0 Å². The van der Waals surface area contributed by atoms with Gasteiger partial charge in [0.1, 0.15) is 0 Å². The van der Waals surface area contributed by atoms with Gasteiger partial charge in [0.2, 0.25) is 0 Å². The first-order valence-electron chi connectivity index (χ1n) is 7.03. The van der Waals surface area contributed by atoms with Gasteiger partial charge >= 0.3 is 0 Å². The summed E-state index contributed by atoms with van der Waals surface area (Å²) in [5.41, 5.74) is 5.98. The summed E-state index contributed by atoms with van der Waals surface area (Å²) in [7, 11) is 0. The van der Waals surface area contributed by atoms with Crippen LogP contribution in [0.1, 0.15) is 32.1 Å². The molecule has 2 aliphatic rings. The molecule has 16 heavy (non-hydrogen) atoms. The van der Waals surface area contributed by atoms with E-state index in [1.54, 1.807) is 0 Å². The quantitative estimate of drug-likeness (QED) is 0.751. The molecule has 3 nitrogen and oxygen atoms in total. The number of nitrogens with one attached hydrogen (secondary N) is 1. The first-order valence-corrected chi connectivity index (χ1v) is 7.03. The van der Waals surface area contributed by atoms with E-state index in [1.165, 1.54) is 51.7 Å². The number of hydrogen-bond acceptors (Lipinski definition) is 3. The molecule has 1 aliphatic heterocycles. The maximum Gasteiger partial charge on any atom is 0.0107 e. The van der Waals surface area contributed by atoms with E-state index in [4.69, 9.17) is 5.73 Å². The Hall–Kier alpha value is -0.120. The van der Waals surface area contributed by atoms with Crippen molar-refractivity contribution in [3.05, 3.63) is 0 Å². The van der Waals surface area contributed by atoms with Crippen molar-refractivity contribution < 1.29 is 0 Å². The van der Waals surface area contributed by atoms with Crippen molar-refractivity contribution >= 4 is 0 Å². The molecule has 2 fully saturated rings. The number of nitrogens with two attached hydrogens (primary N) is 1. The number of rotatable bonds is 4. The van der Waals surface area contributed by atoms with Crippen LogP contribution in [0.3, 0.4) is 0 Å². The van der Waals surface area contributed by atoms with E-state index in [0.717, 1.165) is 31.5 Å². The fourth-order valence-corrected chi connectivity index (χ4v) is 3.25. The second kappa shape index (κ2) is 6.58. The number of piperazine rings is 1. The van der Waals surface area contributed by atoms with Gasteiger partial charge in [0.25, 0.3) is 0 Å². The van der Waals surface area contributed by atoms with Gasteiger partial charge in [-0.3, -0.25) is 0 Å². The first-order chi connectivity index (χ1) is 7.90. The zero-order valence-corrected chi connectivity index (χ0v) is 10.5. The summed E-state index contributed by atoms with van der Waals surface area (Å²) in [5.74, 6) is 1.66. The van der Waals surface area contributed by atoms with Gasteiger partial charge in [-0.15, -0.1) is 0 Å². The van der Waals surface area contributed by atoms with Crippen LogP contribution in [0.15, 0.2) is 0 Å². The molecule has 1 unspecified atom stereocenters. The average molecular weight is 225 g/mol. The Labute approximate surface area is 99.8 Å². The summed E-state index contributed by atoms with van der Waals surface area (Å²) in [4.78, 5) is 2.60. The molecule has 3 heteroatoms. The third kappa shape index (κ3) is 3.44. The lowest BCUT2D eigenvalue weighted by atomic mass is 9.79. The van der Waals surface area contributed by atoms with E-state index in [-0.39, 0.29) is 0 Å². The van der Waals surface area contributed by atoms with E-state index >= 15 is 0 Å². The summed E-state index contributed by atoms with van der Waals surface area (Å²) in [6, 6.07) is 0. The van der Waals surface area contributed by atoms with E-state index < -0.39 is 0 Å². The number of nitrogens with zero attached hydrogens (tertiary/aromatic N) is 1. The lowest BCUT2D eigenvalue weighted by Crippen LogP contribution is -2.47. The average Bonchev–Trinajstić information content (AvgIpc) is 2.38. The minimum atomic E-state index is 0.749. The SMILES string of the molecule is NCC(CN1CCNCC1)C1CCCCC1. The molecule has 1 heterocycles. The Morgan fingerprint density at radius 2 is 1.81 bits per heavy atom. The summed E-state index contributed by atoms with van der Waals surface area (Å²) in [6.45, 7) is 6.85. The van der Waals surface area contributed by atoms with Gasteiger partial charge in [-0.25, -0.2) is 0 Å². The standard InChI is InChI=1S/C13H27N3/c14-10-13(12-4-2-1-3-5-12)11-16-8-6-15-7-9-16/h12-13,15H,1-11,14H2. The van der Waals surface area contributed by atoms with Gasteiger partial charge in [-0.2, -0.15) is 0 Å². The highest BCUT2D eigenvalue weighted by atomic mass is 15.2. The van der Waals surface area contributed by atoms with Crippen molar-refractivity contribution in [3.63, 3.8) is 0 Å². The highest BCUT2D eigenvalue weighted by molar-refractivity contribution is 4.79. The Balaban J connectivity index is 1.78.